The molecule has 3 aromatic rings. The van der Waals surface area contributed by atoms with Crippen molar-refractivity contribution in [2.24, 2.45) is 0 Å². The highest BCUT2D eigenvalue weighted by Crippen LogP contribution is 2.44. The molecule has 2 bridgehead atoms. The highest BCUT2D eigenvalue weighted by Gasteiger charge is 2.44. The largest absolute Gasteiger partial charge is 0.454 e. The van der Waals surface area contributed by atoms with Gasteiger partial charge in [-0.25, -0.2) is 9.50 Å². The van der Waals surface area contributed by atoms with E-state index in [0.717, 1.165) is 36.2 Å². The first-order chi connectivity index (χ1) is 13.2. The van der Waals surface area contributed by atoms with Crippen molar-refractivity contribution >= 4 is 11.6 Å². The molecule has 136 valence electrons. The normalized spacial score (nSPS) is 22.3. The molecule has 0 radical (unpaired) electrons. The molecule has 7 nitrogen and oxygen atoms in total. The molecule has 0 aliphatic carbocycles. The molecule has 1 saturated heterocycles. The summed E-state index contributed by atoms with van der Waals surface area (Å²) in [6, 6.07) is 7.66. The third-order valence-electron chi connectivity index (χ3n) is 5.88. The standard InChI is InChI=1S/C20H18N4O3/c1-11-6-19-21-9-14-15-4-3-13(8-16(14)24(19)22-11)23(15)20(25)12-2-5-17-18(7-12)27-10-26-17/h2,5-7,9,13,15H,3-4,8,10H2,1H3/t13-,15-/m0/s1. The van der Waals surface area contributed by atoms with Crippen molar-refractivity contribution < 1.29 is 14.3 Å². The molecule has 3 aliphatic heterocycles. The molecule has 0 saturated carbocycles. The lowest BCUT2D eigenvalue weighted by Crippen LogP contribution is -2.42. The number of hydrogen-bond donors (Lipinski definition) is 0. The van der Waals surface area contributed by atoms with E-state index >= 15 is 0 Å². The maximum atomic E-state index is 13.3. The Morgan fingerprint density at radius 2 is 2.07 bits per heavy atom. The number of ether oxygens (including phenoxy) is 2. The van der Waals surface area contributed by atoms with Gasteiger partial charge in [0.2, 0.25) is 6.79 Å². The number of rotatable bonds is 1. The highest BCUT2D eigenvalue weighted by molar-refractivity contribution is 5.96. The van der Waals surface area contributed by atoms with Gasteiger partial charge < -0.3 is 14.4 Å². The van der Waals surface area contributed by atoms with E-state index in [4.69, 9.17) is 9.47 Å². The quantitative estimate of drug-likeness (QED) is 0.666. The van der Waals surface area contributed by atoms with E-state index in [-0.39, 0.29) is 24.8 Å². The number of hydrogen-bond acceptors (Lipinski definition) is 5. The first-order valence-corrected chi connectivity index (χ1v) is 9.25. The Labute approximate surface area is 155 Å². The minimum absolute atomic E-state index is 0.0446. The molecule has 2 aromatic heterocycles. The van der Waals surface area contributed by atoms with Crippen LogP contribution in [0.1, 0.15) is 46.2 Å². The van der Waals surface area contributed by atoms with Crippen LogP contribution < -0.4 is 9.47 Å². The second-order valence-electron chi connectivity index (χ2n) is 7.45. The molecule has 1 aromatic carbocycles. The Balaban J connectivity index is 1.41. The second-order valence-corrected chi connectivity index (χ2v) is 7.45. The van der Waals surface area contributed by atoms with E-state index < -0.39 is 0 Å². The van der Waals surface area contributed by atoms with Crippen LogP contribution in [0.2, 0.25) is 0 Å². The van der Waals surface area contributed by atoms with Gasteiger partial charge in [-0.2, -0.15) is 5.10 Å². The Kier molecular flexibility index (Phi) is 2.90. The summed E-state index contributed by atoms with van der Waals surface area (Å²) in [5.74, 6) is 1.38. The highest BCUT2D eigenvalue weighted by atomic mass is 16.7. The monoisotopic (exact) mass is 362 g/mol. The lowest BCUT2D eigenvalue weighted by Gasteiger charge is -2.36. The number of aromatic nitrogens is 3. The summed E-state index contributed by atoms with van der Waals surface area (Å²) in [5, 5.41) is 4.61. The zero-order valence-electron chi connectivity index (χ0n) is 14.9. The van der Waals surface area contributed by atoms with Gasteiger partial charge in [-0.05, 0) is 38.0 Å². The van der Waals surface area contributed by atoms with Crippen LogP contribution in [0, 0.1) is 6.92 Å². The average Bonchev–Trinajstić information content (AvgIpc) is 3.36. The van der Waals surface area contributed by atoms with Crippen LogP contribution in [0.3, 0.4) is 0 Å². The molecule has 0 unspecified atom stereocenters. The molecular weight excluding hydrogens is 344 g/mol. The van der Waals surface area contributed by atoms with Crippen LogP contribution in [0.25, 0.3) is 5.65 Å². The van der Waals surface area contributed by atoms with Gasteiger partial charge in [0.05, 0.1) is 17.4 Å². The predicted molar refractivity (Wildman–Crippen MR) is 95.9 cm³/mol. The van der Waals surface area contributed by atoms with Gasteiger partial charge in [-0.1, -0.05) is 0 Å². The lowest BCUT2D eigenvalue weighted by atomic mass is 9.98. The number of amides is 1. The Morgan fingerprint density at radius 3 is 3.00 bits per heavy atom. The first kappa shape index (κ1) is 15.0. The van der Waals surface area contributed by atoms with Gasteiger partial charge in [0, 0.05) is 35.9 Å². The Bertz CT molecular complexity index is 1110. The summed E-state index contributed by atoms with van der Waals surface area (Å²) < 4.78 is 12.8. The Morgan fingerprint density at radius 1 is 1.19 bits per heavy atom. The zero-order chi connectivity index (χ0) is 18.1. The van der Waals surface area contributed by atoms with E-state index in [1.165, 1.54) is 5.69 Å². The van der Waals surface area contributed by atoms with E-state index in [0.29, 0.717) is 17.1 Å². The number of fused-ring (bicyclic) bond motifs is 7. The molecule has 0 N–H and O–H groups in total. The van der Waals surface area contributed by atoms with E-state index in [9.17, 15) is 4.79 Å². The Hall–Kier alpha value is -3.09. The maximum absolute atomic E-state index is 13.3. The molecule has 6 rings (SSSR count). The van der Waals surface area contributed by atoms with Crippen LogP contribution in [-0.2, 0) is 6.42 Å². The van der Waals surface area contributed by atoms with Crippen LogP contribution in [-0.4, -0.2) is 38.2 Å². The molecular formula is C20H18N4O3. The molecule has 5 heterocycles. The molecule has 1 fully saturated rings. The summed E-state index contributed by atoms with van der Waals surface area (Å²) in [4.78, 5) is 19.9. The van der Waals surface area contributed by atoms with Crippen molar-refractivity contribution in [1.29, 1.82) is 0 Å². The average molecular weight is 362 g/mol. The van der Waals surface area contributed by atoms with Crippen LogP contribution >= 0.6 is 0 Å². The summed E-state index contributed by atoms with van der Waals surface area (Å²) >= 11 is 0. The number of carbonyl (C=O) groups is 1. The molecule has 1 amide bonds. The zero-order valence-corrected chi connectivity index (χ0v) is 14.9. The van der Waals surface area contributed by atoms with Crippen molar-refractivity contribution in [2.45, 2.75) is 38.3 Å². The fourth-order valence-electron chi connectivity index (χ4n) is 4.69. The van der Waals surface area contributed by atoms with Crippen molar-refractivity contribution in [3.8, 4) is 11.5 Å². The van der Waals surface area contributed by atoms with E-state index in [1.807, 2.05) is 40.7 Å². The van der Waals surface area contributed by atoms with Gasteiger partial charge in [0.25, 0.3) is 5.91 Å². The van der Waals surface area contributed by atoms with Gasteiger partial charge >= 0.3 is 0 Å². The summed E-state index contributed by atoms with van der Waals surface area (Å²) in [7, 11) is 0. The lowest BCUT2D eigenvalue weighted by molar-refractivity contribution is 0.0642. The number of nitrogens with zero attached hydrogens (tertiary/aromatic N) is 4. The van der Waals surface area contributed by atoms with E-state index in [1.54, 1.807) is 6.07 Å². The van der Waals surface area contributed by atoms with Crippen LogP contribution in [0.5, 0.6) is 11.5 Å². The summed E-state index contributed by atoms with van der Waals surface area (Å²) in [6.07, 6.45) is 4.69. The van der Waals surface area contributed by atoms with E-state index in [2.05, 4.69) is 10.1 Å². The van der Waals surface area contributed by atoms with Crippen molar-refractivity contribution in [1.82, 2.24) is 19.5 Å². The van der Waals surface area contributed by atoms with Crippen molar-refractivity contribution in [3.05, 3.63) is 53.0 Å². The fourth-order valence-corrected chi connectivity index (χ4v) is 4.69. The van der Waals surface area contributed by atoms with Crippen LogP contribution in [0.15, 0.2) is 30.5 Å². The van der Waals surface area contributed by atoms with Gasteiger partial charge in [-0.15, -0.1) is 0 Å². The fraction of sp³-hybridized carbons (Fsp3) is 0.350. The minimum Gasteiger partial charge on any atom is -0.454 e. The first-order valence-electron chi connectivity index (χ1n) is 9.25. The van der Waals surface area contributed by atoms with Gasteiger partial charge in [-0.3, -0.25) is 4.79 Å². The summed E-state index contributed by atoms with van der Waals surface area (Å²) in [6.45, 7) is 2.19. The second kappa shape index (κ2) is 5.22. The van der Waals surface area contributed by atoms with Crippen molar-refractivity contribution in [2.75, 3.05) is 6.79 Å². The third kappa shape index (κ3) is 2.05. The van der Waals surface area contributed by atoms with Crippen LogP contribution in [0.4, 0.5) is 0 Å². The minimum atomic E-state index is 0.0446. The number of aryl methyl sites for hydroxylation is 1. The van der Waals surface area contributed by atoms with Gasteiger partial charge in [0.1, 0.15) is 0 Å². The maximum Gasteiger partial charge on any atom is 0.254 e. The molecule has 3 aliphatic rings. The van der Waals surface area contributed by atoms with Crippen molar-refractivity contribution in [3.63, 3.8) is 0 Å². The third-order valence-corrected chi connectivity index (χ3v) is 5.88. The molecule has 2 atom stereocenters. The predicted octanol–water partition coefficient (Wildman–Crippen LogP) is 2.67. The van der Waals surface area contributed by atoms with Gasteiger partial charge in [0.15, 0.2) is 17.1 Å². The smallest absolute Gasteiger partial charge is 0.254 e. The SMILES string of the molecule is Cc1cc2ncc3c(n2n1)C[C@@H]1CC[C@@H]3N1C(=O)c1ccc2c(c1)OCO2. The number of carbonyl (C=O) groups excluding carboxylic acids is 1. The molecule has 7 heteroatoms. The topological polar surface area (TPSA) is 69.0 Å². The molecule has 27 heavy (non-hydrogen) atoms. The number of benzene rings is 1. The summed E-state index contributed by atoms with van der Waals surface area (Å²) in [5.41, 5.74) is 4.79. The molecule has 0 spiro atoms.